The standard InChI is InChI=1S/C16H17ClN2O3/c1-19(9-5-8-14(20)22-2)16(21)13-10-11-6-3-4-7-12(11)15(17)18-13/h3-4,6-7,10H,5,8-9H2,1-2H3. The summed E-state index contributed by atoms with van der Waals surface area (Å²) in [6.07, 6.45) is 0.816. The molecule has 0 unspecified atom stereocenters. The first-order chi connectivity index (χ1) is 10.5. The number of aromatic nitrogens is 1. The normalized spacial score (nSPS) is 10.5. The van der Waals surface area contributed by atoms with Crippen LogP contribution in [0.1, 0.15) is 23.3 Å². The van der Waals surface area contributed by atoms with Gasteiger partial charge in [0.25, 0.3) is 5.91 Å². The minimum Gasteiger partial charge on any atom is -0.469 e. The van der Waals surface area contributed by atoms with Crippen LogP contribution in [-0.2, 0) is 9.53 Å². The largest absolute Gasteiger partial charge is 0.469 e. The van der Waals surface area contributed by atoms with Crippen LogP contribution in [0, 0.1) is 0 Å². The summed E-state index contributed by atoms with van der Waals surface area (Å²) in [5.41, 5.74) is 0.296. The van der Waals surface area contributed by atoms with Gasteiger partial charge in [-0.3, -0.25) is 9.59 Å². The molecule has 0 aliphatic heterocycles. The number of amides is 1. The fourth-order valence-corrected chi connectivity index (χ4v) is 2.39. The zero-order valence-electron chi connectivity index (χ0n) is 12.5. The Morgan fingerprint density at radius 1 is 1.32 bits per heavy atom. The third kappa shape index (κ3) is 3.74. The van der Waals surface area contributed by atoms with Crippen molar-refractivity contribution in [1.82, 2.24) is 9.88 Å². The Labute approximate surface area is 133 Å². The Hall–Kier alpha value is -2.14. The molecule has 0 bridgehead atoms. The van der Waals surface area contributed by atoms with Gasteiger partial charge in [-0.2, -0.15) is 0 Å². The summed E-state index contributed by atoms with van der Waals surface area (Å²) >= 11 is 6.13. The number of fused-ring (bicyclic) bond motifs is 1. The number of ether oxygens (including phenoxy) is 1. The third-order valence-electron chi connectivity index (χ3n) is 3.36. The van der Waals surface area contributed by atoms with Crippen LogP contribution >= 0.6 is 11.6 Å². The fourth-order valence-electron chi connectivity index (χ4n) is 2.13. The molecule has 0 radical (unpaired) electrons. The van der Waals surface area contributed by atoms with Crippen LogP contribution in [0.2, 0.25) is 5.15 Å². The van der Waals surface area contributed by atoms with Gasteiger partial charge in [-0.15, -0.1) is 0 Å². The fraction of sp³-hybridized carbons (Fsp3) is 0.312. The molecule has 0 saturated heterocycles. The van der Waals surface area contributed by atoms with Gasteiger partial charge in [0.05, 0.1) is 7.11 Å². The Morgan fingerprint density at radius 3 is 2.77 bits per heavy atom. The van der Waals surface area contributed by atoms with Crippen LogP contribution in [0.4, 0.5) is 0 Å². The SMILES string of the molecule is COC(=O)CCCN(C)C(=O)c1cc2ccccc2c(Cl)n1. The lowest BCUT2D eigenvalue weighted by Gasteiger charge is -2.16. The monoisotopic (exact) mass is 320 g/mol. The highest BCUT2D eigenvalue weighted by Crippen LogP contribution is 2.22. The molecule has 1 aromatic heterocycles. The second-order valence-electron chi connectivity index (χ2n) is 4.93. The van der Waals surface area contributed by atoms with Gasteiger partial charge in [0.1, 0.15) is 10.8 Å². The van der Waals surface area contributed by atoms with Gasteiger partial charge in [-0.1, -0.05) is 35.9 Å². The highest BCUT2D eigenvalue weighted by Gasteiger charge is 2.15. The number of nitrogens with zero attached hydrogens (tertiary/aromatic N) is 2. The Balaban J connectivity index is 2.10. The summed E-state index contributed by atoms with van der Waals surface area (Å²) in [6, 6.07) is 9.22. The van der Waals surface area contributed by atoms with Gasteiger partial charge in [0, 0.05) is 25.4 Å². The first-order valence-corrected chi connectivity index (χ1v) is 7.28. The highest BCUT2D eigenvalue weighted by atomic mass is 35.5. The van der Waals surface area contributed by atoms with E-state index in [1.807, 2.05) is 24.3 Å². The van der Waals surface area contributed by atoms with Gasteiger partial charge in [-0.25, -0.2) is 4.98 Å². The van der Waals surface area contributed by atoms with E-state index in [-0.39, 0.29) is 18.3 Å². The van der Waals surface area contributed by atoms with Crippen molar-refractivity contribution in [3.05, 3.63) is 41.2 Å². The Morgan fingerprint density at radius 2 is 2.05 bits per heavy atom. The maximum Gasteiger partial charge on any atom is 0.305 e. The molecular weight excluding hydrogens is 304 g/mol. The first kappa shape index (κ1) is 16.2. The molecule has 2 aromatic rings. The van der Waals surface area contributed by atoms with Gasteiger partial charge in [-0.05, 0) is 17.9 Å². The molecule has 0 N–H and O–H groups in total. The van der Waals surface area contributed by atoms with Gasteiger partial charge < -0.3 is 9.64 Å². The summed E-state index contributed by atoms with van der Waals surface area (Å²) in [6.45, 7) is 0.445. The molecule has 116 valence electrons. The van der Waals surface area contributed by atoms with Crippen molar-refractivity contribution in [3.63, 3.8) is 0 Å². The molecule has 5 nitrogen and oxygen atoms in total. The van der Waals surface area contributed by atoms with Crippen molar-refractivity contribution in [2.24, 2.45) is 0 Å². The predicted octanol–water partition coefficient (Wildman–Crippen LogP) is 2.91. The smallest absolute Gasteiger partial charge is 0.305 e. The molecule has 0 atom stereocenters. The number of esters is 1. The zero-order chi connectivity index (χ0) is 16.1. The summed E-state index contributed by atoms with van der Waals surface area (Å²) in [7, 11) is 3.02. The van der Waals surface area contributed by atoms with Crippen LogP contribution < -0.4 is 0 Å². The van der Waals surface area contributed by atoms with Crippen LogP contribution in [0.5, 0.6) is 0 Å². The van der Waals surface area contributed by atoms with Crippen LogP contribution in [0.25, 0.3) is 10.8 Å². The quantitative estimate of drug-likeness (QED) is 0.628. The van der Waals surface area contributed by atoms with Crippen molar-refractivity contribution < 1.29 is 14.3 Å². The van der Waals surface area contributed by atoms with E-state index in [9.17, 15) is 9.59 Å². The van der Waals surface area contributed by atoms with Crippen molar-refractivity contribution in [2.75, 3.05) is 20.7 Å². The second kappa shape index (κ2) is 7.22. The number of carbonyl (C=O) groups is 2. The molecule has 22 heavy (non-hydrogen) atoms. The van der Waals surface area contributed by atoms with Crippen molar-refractivity contribution in [3.8, 4) is 0 Å². The third-order valence-corrected chi connectivity index (χ3v) is 3.65. The molecule has 0 spiro atoms. The summed E-state index contributed by atoms with van der Waals surface area (Å²) < 4.78 is 4.57. The highest BCUT2D eigenvalue weighted by molar-refractivity contribution is 6.34. The lowest BCUT2D eigenvalue weighted by Crippen LogP contribution is -2.29. The minimum absolute atomic E-state index is 0.225. The molecule has 6 heteroatoms. The van der Waals surface area contributed by atoms with E-state index in [2.05, 4.69) is 9.72 Å². The number of hydrogen-bond acceptors (Lipinski definition) is 4. The van der Waals surface area contributed by atoms with E-state index in [0.717, 1.165) is 10.8 Å². The number of rotatable bonds is 5. The van der Waals surface area contributed by atoms with Crippen molar-refractivity contribution >= 4 is 34.2 Å². The average molecular weight is 321 g/mol. The molecular formula is C16H17ClN2O3. The van der Waals surface area contributed by atoms with Crippen molar-refractivity contribution in [1.29, 1.82) is 0 Å². The Kier molecular flexibility index (Phi) is 5.33. The Bertz CT molecular complexity index is 703. The van der Waals surface area contributed by atoms with E-state index >= 15 is 0 Å². The van der Waals surface area contributed by atoms with E-state index in [4.69, 9.17) is 11.6 Å². The molecule has 2 rings (SSSR count). The predicted molar refractivity (Wildman–Crippen MR) is 85.0 cm³/mol. The molecule has 0 aliphatic carbocycles. The molecule has 0 fully saturated rings. The maximum atomic E-state index is 12.4. The number of benzene rings is 1. The van der Waals surface area contributed by atoms with Gasteiger partial charge in [0.2, 0.25) is 0 Å². The second-order valence-corrected chi connectivity index (χ2v) is 5.28. The van der Waals surface area contributed by atoms with Gasteiger partial charge in [0.15, 0.2) is 0 Å². The molecule has 1 amide bonds. The van der Waals surface area contributed by atoms with Crippen LogP contribution in [0.15, 0.2) is 30.3 Å². The van der Waals surface area contributed by atoms with Crippen LogP contribution in [-0.4, -0.2) is 42.5 Å². The summed E-state index contributed by atoms with van der Waals surface area (Å²) in [5.74, 6) is -0.509. The number of methoxy groups -OCH3 is 1. The number of halogens is 1. The zero-order valence-corrected chi connectivity index (χ0v) is 13.3. The number of pyridine rings is 1. The van der Waals surface area contributed by atoms with Crippen molar-refractivity contribution in [2.45, 2.75) is 12.8 Å². The molecule has 0 saturated carbocycles. The van der Waals surface area contributed by atoms with Crippen LogP contribution in [0.3, 0.4) is 0 Å². The minimum atomic E-state index is -0.285. The first-order valence-electron chi connectivity index (χ1n) is 6.90. The molecule has 1 heterocycles. The molecule has 0 aliphatic rings. The van der Waals surface area contributed by atoms with E-state index in [1.54, 1.807) is 13.1 Å². The number of hydrogen-bond donors (Lipinski definition) is 0. The summed E-state index contributed by atoms with van der Waals surface area (Å²) in [4.78, 5) is 29.1. The van der Waals surface area contributed by atoms with E-state index < -0.39 is 0 Å². The lowest BCUT2D eigenvalue weighted by atomic mass is 10.1. The van der Waals surface area contributed by atoms with Gasteiger partial charge >= 0.3 is 5.97 Å². The van der Waals surface area contributed by atoms with E-state index in [1.165, 1.54) is 12.0 Å². The topological polar surface area (TPSA) is 59.5 Å². The summed E-state index contributed by atoms with van der Waals surface area (Å²) in [5, 5.41) is 1.99. The lowest BCUT2D eigenvalue weighted by molar-refractivity contribution is -0.140. The van der Waals surface area contributed by atoms with E-state index in [0.29, 0.717) is 23.8 Å². The number of carbonyl (C=O) groups excluding carboxylic acids is 2. The average Bonchev–Trinajstić information content (AvgIpc) is 2.53. The molecule has 1 aromatic carbocycles. The maximum absolute atomic E-state index is 12.4.